The molecule has 0 aliphatic heterocycles. The fourth-order valence-electron chi connectivity index (χ4n) is 1.18. The van der Waals surface area contributed by atoms with E-state index in [-0.39, 0.29) is 11.7 Å². The Hall–Kier alpha value is -1.10. The van der Waals surface area contributed by atoms with E-state index in [0.29, 0.717) is 17.0 Å². The molecule has 110 valence electrons. The summed E-state index contributed by atoms with van der Waals surface area (Å²) in [4.78, 5) is 12.3. The highest BCUT2D eigenvalue weighted by atomic mass is 32.1. The van der Waals surface area contributed by atoms with Crippen molar-refractivity contribution in [3.05, 3.63) is 22.4 Å². The molecule has 0 aromatic rings. The summed E-state index contributed by atoms with van der Waals surface area (Å²) in [5, 5.41) is 12.5. The number of alkyl carbamates (subject to hydrolysis) is 1. The number of thiol groups is 1. The quantitative estimate of drug-likeness (QED) is 0.413. The van der Waals surface area contributed by atoms with Gasteiger partial charge in [0, 0.05) is 16.7 Å². The maximum absolute atomic E-state index is 11.7. The van der Waals surface area contributed by atoms with Gasteiger partial charge in [0.1, 0.15) is 11.4 Å². The minimum absolute atomic E-state index is 0.0488. The molecule has 0 saturated heterocycles. The summed E-state index contributed by atoms with van der Waals surface area (Å²) in [5.41, 5.74) is 0.0362. The van der Waals surface area contributed by atoms with Crippen molar-refractivity contribution in [3.8, 4) is 0 Å². The number of aliphatic hydroxyl groups excluding tert-OH is 1. The molecule has 0 bridgehead atoms. The zero-order valence-corrected chi connectivity index (χ0v) is 13.5. The van der Waals surface area contributed by atoms with Gasteiger partial charge in [-0.1, -0.05) is 20.8 Å². The Morgan fingerprint density at radius 3 is 2.32 bits per heavy atom. The number of carbonyl (C=O) groups is 1. The molecule has 0 fully saturated rings. The SMILES string of the molecule is CC/C(S)=C(O)\C=C(\NC(=O)OC(C)(C)C)C(C)C. The van der Waals surface area contributed by atoms with E-state index >= 15 is 0 Å². The Labute approximate surface area is 121 Å². The van der Waals surface area contributed by atoms with E-state index in [4.69, 9.17) is 4.74 Å². The number of hydrogen-bond acceptors (Lipinski definition) is 4. The molecule has 0 rings (SSSR count). The molecule has 0 unspecified atom stereocenters. The third kappa shape index (κ3) is 7.82. The Morgan fingerprint density at radius 2 is 1.95 bits per heavy atom. The Kier molecular flexibility index (Phi) is 7.05. The molecule has 0 aromatic carbocycles. The largest absolute Gasteiger partial charge is 0.507 e. The van der Waals surface area contributed by atoms with Crippen molar-refractivity contribution in [2.75, 3.05) is 0 Å². The molecule has 0 saturated carbocycles. The summed E-state index contributed by atoms with van der Waals surface area (Å²) in [6, 6.07) is 0. The summed E-state index contributed by atoms with van der Waals surface area (Å²) >= 11 is 4.17. The fraction of sp³-hybridized carbons (Fsp3) is 0.643. The molecular formula is C14H25NO3S. The van der Waals surface area contributed by atoms with E-state index < -0.39 is 11.7 Å². The van der Waals surface area contributed by atoms with E-state index in [9.17, 15) is 9.90 Å². The predicted octanol–water partition coefficient (Wildman–Crippen LogP) is 4.16. The van der Waals surface area contributed by atoms with Crippen LogP contribution in [0, 0.1) is 5.92 Å². The van der Waals surface area contributed by atoms with Gasteiger partial charge in [0.25, 0.3) is 0 Å². The minimum atomic E-state index is -0.553. The lowest BCUT2D eigenvalue weighted by Gasteiger charge is -2.21. The molecule has 0 radical (unpaired) electrons. The van der Waals surface area contributed by atoms with Crippen LogP contribution in [0.2, 0.25) is 0 Å². The van der Waals surface area contributed by atoms with Crippen LogP contribution in [0.5, 0.6) is 0 Å². The molecule has 1 amide bonds. The van der Waals surface area contributed by atoms with E-state index in [0.717, 1.165) is 0 Å². The van der Waals surface area contributed by atoms with Crippen LogP contribution >= 0.6 is 12.6 Å². The summed E-state index contributed by atoms with van der Waals surface area (Å²) in [6.07, 6.45) is 1.61. The maximum atomic E-state index is 11.7. The number of amides is 1. The van der Waals surface area contributed by atoms with Gasteiger partial charge < -0.3 is 9.84 Å². The second-order valence-corrected chi connectivity index (χ2v) is 6.11. The summed E-state index contributed by atoms with van der Waals surface area (Å²) in [5.74, 6) is 0.109. The third-order valence-corrected chi connectivity index (χ3v) is 2.74. The Bertz CT molecular complexity index is 379. The van der Waals surface area contributed by atoms with Gasteiger partial charge >= 0.3 is 6.09 Å². The van der Waals surface area contributed by atoms with Crippen molar-refractivity contribution in [3.63, 3.8) is 0 Å². The molecule has 19 heavy (non-hydrogen) atoms. The van der Waals surface area contributed by atoms with Crippen LogP contribution in [0.15, 0.2) is 22.4 Å². The van der Waals surface area contributed by atoms with Gasteiger partial charge in [0.15, 0.2) is 0 Å². The standard InChI is InChI=1S/C14H25NO3S/c1-7-12(19)11(16)8-10(9(2)3)15-13(17)18-14(4,5)6/h8-9,16,19H,7H2,1-6H3,(H,15,17)/b10-8+,12-11-. The average molecular weight is 287 g/mol. The molecule has 5 heteroatoms. The van der Waals surface area contributed by atoms with E-state index in [1.54, 1.807) is 20.8 Å². The number of carbonyl (C=O) groups excluding carboxylic acids is 1. The number of nitrogens with one attached hydrogen (secondary N) is 1. The van der Waals surface area contributed by atoms with Crippen molar-refractivity contribution < 1.29 is 14.6 Å². The topological polar surface area (TPSA) is 58.6 Å². The van der Waals surface area contributed by atoms with Gasteiger partial charge in [-0.05, 0) is 33.1 Å². The van der Waals surface area contributed by atoms with Gasteiger partial charge in [-0.15, -0.1) is 12.6 Å². The summed E-state index contributed by atoms with van der Waals surface area (Å²) < 4.78 is 5.18. The van der Waals surface area contributed by atoms with E-state index in [2.05, 4.69) is 17.9 Å². The molecular weight excluding hydrogens is 262 g/mol. The van der Waals surface area contributed by atoms with E-state index in [1.165, 1.54) is 6.08 Å². The van der Waals surface area contributed by atoms with Gasteiger partial charge in [0.2, 0.25) is 0 Å². The van der Waals surface area contributed by atoms with Crippen molar-refractivity contribution in [2.24, 2.45) is 5.92 Å². The fourth-order valence-corrected chi connectivity index (χ4v) is 1.24. The highest BCUT2D eigenvalue weighted by Gasteiger charge is 2.18. The molecule has 0 aliphatic carbocycles. The molecule has 0 atom stereocenters. The Morgan fingerprint density at radius 1 is 1.42 bits per heavy atom. The van der Waals surface area contributed by atoms with Crippen LogP contribution in [-0.2, 0) is 4.74 Å². The molecule has 0 spiro atoms. The number of ether oxygens (including phenoxy) is 1. The zero-order valence-electron chi connectivity index (χ0n) is 12.6. The first-order chi connectivity index (χ1) is 8.56. The lowest BCUT2D eigenvalue weighted by molar-refractivity contribution is 0.0541. The van der Waals surface area contributed by atoms with E-state index in [1.807, 2.05) is 20.8 Å². The van der Waals surface area contributed by atoms with Gasteiger partial charge in [0.05, 0.1) is 0 Å². The second kappa shape index (κ2) is 7.48. The second-order valence-electron chi connectivity index (χ2n) is 5.57. The predicted molar refractivity (Wildman–Crippen MR) is 81.2 cm³/mol. The van der Waals surface area contributed by atoms with Gasteiger partial charge in [-0.25, -0.2) is 4.79 Å². The zero-order chi connectivity index (χ0) is 15.2. The highest BCUT2D eigenvalue weighted by molar-refractivity contribution is 7.84. The van der Waals surface area contributed by atoms with Crippen LogP contribution in [0.25, 0.3) is 0 Å². The third-order valence-electron chi connectivity index (χ3n) is 2.19. The van der Waals surface area contributed by atoms with Crippen molar-refractivity contribution >= 4 is 18.7 Å². The monoisotopic (exact) mass is 287 g/mol. The van der Waals surface area contributed by atoms with Gasteiger partial charge in [-0.3, -0.25) is 5.32 Å². The van der Waals surface area contributed by atoms with Crippen molar-refractivity contribution in [1.29, 1.82) is 0 Å². The normalized spacial score (nSPS) is 14.2. The van der Waals surface area contributed by atoms with Crippen LogP contribution in [0.3, 0.4) is 0 Å². The summed E-state index contributed by atoms with van der Waals surface area (Å²) in [6.45, 7) is 11.1. The number of allylic oxidation sites excluding steroid dienone is 3. The lowest BCUT2D eigenvalue weighted by Crippen LogP contribution is -2.33. The number of hydrogen-bond donors (Lipinski definition) is 3. The molecule has 0 aromatic heterocycles. The molecule has 2 N–H and O–H groups in total. The van der Waals surface area contributed by atoms with Crippen LogP contribution in [0.1, 0.15) is 48.0 Å². The first-order valence-corrected chi connectivity index (χ1v) is 6.84. The molecule has 0 aliphatic rings. The first-order valence-electron chi connectivity index (χ1n) is 6.39. The van der Waals surface area contributed by atoms with Crippen molar-refractivity contribution in [2.45, 2.75) is 53.6 Å². The Balaban J connectivity index is 4.96. The number of rotatable bonds is 4. The van der Waals surface area contributed by atoms with Gasteiger partial charge in [-0.2, -0.15) is 0 Å². The maximum Gasteiger partial charge on any atom is 0.411 e. The van der Waals surface area contributed by atoms with Crippen LogP contribution in [0.4, 0.5) is 4.79 Å². The first kappa shape index (κ1) is 17.9. The smallest absolute Gasteiger partial charge is 0.411 e. The number of aliphatic hydroxyl groups is 1. The summed E-state index contributed by atoms with van der Waals surface area (Å²) in [7, 11) is 0. The van der Waals surface area contributed by atoms with Crippen LogP contribution in [-0.4, -0.2) is 16.8 Å². The molecule has 0 heterocycles. The molecule has 4 nitrogen and oxygen atoms in total. The lowest BCUT2D eigenvalue weighted by atomic mass is 10.1. The highest BCUT2D eigenvalue weighted by Crippen LogP contribution is 2.16. The van der Waals surface area contributed by atoms with Crippen molar-refractivity contribution in [1.82, 2.24) is 5.32 Å². The average Bonchev–Trinajstić information content (AvgIpc) is 2.24. The minimum Gasteiger partial charge on any atom is -0.507 e. The van der Waals surface area contributed by atoms with Crippen LogP contribution < -0.4 is 5.32 Å².